The molecule has 0 spiro atoms. The lowest BCUT2D eigenvalue weighted by Gasteiger charge is -2.31. The van der Waals surface area contributed by atoms with E-state index < -0.39 is 0 Å². The summed E-state index contributed by atoms with van der Waals surface area (Å²) >= 11 is 0. The largest absolute Gasteiger partial charge is 0.492 e. The second kappa shape index (κ2) is 9.86. The molecule has 1 amide bonds. The van der Waals surface area contributed by atoms with Crippen molar-refractivity contribution < 1.29 is 23.4 Å². The minimum absolute atomic E-state index is 0.0457. The summed E-state index contributed by atoms with van der Waals surface area (Å²) < 4.78 is 32.1. The van der Waals surface area contributed by atoms with Crippen molar-refractivity contribution in [3.63, 3.8) is 0 Å². The van der Waals surface area contributed by atoms with Gasteiger partial charge in [-0.25, -0.2) is 9.37 Å². The Kier molecular flexibility index (Phi) is 6.75. The summed E-state index contributed by atoms with van der Waals surface area (Å²) in [6.07, 6.45) is 3.02. The van der Waals surface area contributed by atoms with E-state index in [1.54, 1.807) is 22.7 Å². The highest BCUT2D eigenvalue weighted by Gasteiger charge is 2.21. The number of nitrogens with one attached hydrogen (secondary N) is 1. The monoisotopic (exact) mass is 442 g/mol. The van der Waals surface area contributed by atoms with Crippen LogP contribution in [0.2, 0.25) is 0 Å². The van der Waals surface area contributed by atoms with Crippen molar-refractivity contribution in [1.82, 2.24) is 9.38 Å². The van der Waals surface area contributed by atoms with Crippen molar-refractivity contribution in [1.29, 1.82) is 0 Å². The molecule has 1 fully saturated rings. The normalized spacial score (nSPS) is 13.9. The standard InChI is InChI=1S/C23H27FN4O4/c1-3-31-20-13-19(27-7-9-30-10-8-27)21(32-4-2)12-18(20)26-23(29)11-17-15-28-14-16(24)5-6-22(28)25-17/h5-6,12-15H,3-4,7-11H2,1-2H3,(H,26,29). The van der Waals surface area contributed by atoms with Crippen LogP contribution in [0, 0.1) is 5.82 Å². The Morgan fingerprint density at radius 1 is 1.12 bits per heavy atom. The molecule has 1 aliphatic heterocycles. The van der Waals surface area contributed by atoms with Crippen LogP contribution in [0.5, 0.6) is 11.5 Å². The summed E-state index contributed by atoms with van der Waals surface area (Å²) in [5.41, 5.74) is 2.57. The molecular weight excluding hydrogens is 415 g/mol. The molecule has 3 heterocycles. The zero-order chi connectivity index (χ0) is 22.5. The number of anilines is 2. The second-order valence-corrected chi connectivity index (χ2v) is 7.35. The minimum Gasteiger partial charge on any atom is -0.492 e. The van der Waals surface area contributed by atoms with E-state index in [-0.39, 0.29) is 18.1 Å². The predicted molar refractivity (Wildman–Crippen MR) is 119 cm³/mol. The van der Waals surface area contributed by atoms with E-state index in [1.807, 2.05) is 19.9 Å². The minimum atomic E-state index is -0.365. The molecule has 0 saturated carbocycles. The van der Waals surface area contributed by atoms with Gasteiger partial charge in [-0.2, -0.15) is 0 Å². The number of nitrogens with zero attached hydrogens (tertiary/aromatic N) is 3. The first-order valence-electron chi connectivity index (χ1n) is 10.8. The lowest BCUT2D eigenvalue weighted by Crippen LogP contribution is -2.36. The molecular formula is C23H27FN4O4. The zero-order valence-electron chi connectivity index (χ0n) is 18.3. The zero-order valence-corrected chi connectivity index (χ0v) is 18.3. The third-order valence-corrected chi connectivity index (χ3v) is 5.09. The Morgan fingerprint density at radius 3 is 2.62 bits per heavy atom. The number of ether oxygens (including phenoxy) is 3. The first kappa shape index (κ1) is 21.9. The predicted octanol–water partition coefficient (Wildman–Crippen LogP) is 3.29. The van der Waals surface area contributed by atoms with Crippen LogP contribution in [0.3, 0.4) is 0 Å². The van der Waals surface area contributed by atoms with Crippen LogP contribution in [-0.4, -0.2) is 54.8 Å². The van der Waals surface area contributed by atoms with Crippen molar-refractivity contribution in [2.24, 2.45) is 0 Å². The fraction of sp³-hybridized carbons (Fsp3) is 0.391. The van der Waals surface area contributed by atoms with Crippen LogP contribution in [0.4, 0.5) is 15.8 Å². The molecule has 9 heteroatoms. The molecule has 1 aliphatic rings. The molecule has 1 N–H and O–H groups in total. The molecule has 1 aromatic carbocycles. The average molecular weight is 442 g/mol. The van der Waals surface area contributed by atoms with Gasteiger partial charge in [-0.15, -0.1) is 0 Å². The van der Waals surface area contributed by atoms with Crippen molar-refractivity contribution in [3.05, 3.63) is 48.2 Å². The first-order chi connectivity index (χ1) is 15.6. The molecule has 0 bridgehead atoms. The first-order valence-corrected chi connectivity index (χ1v) is 10.8. The van der Waals surface area contributed by atoms with E-state index >= 15 is 0 Å². The Labute approximate surface area is 185 Å². The van der Waals surface area contributed by atoms with Crippen LogP contribution < -0.4 is 19.7 Å². The number of rotatable bonds is 8. The summed E-state index contributed by atoms with van der Waals surface area (Å²) in [4.78, 5) is 19.4. The number of carbonyl (C=O) groups excluding carboxylic acids is 1. The Hall–Kier alpha value is -3.33. The summed E-state index contributed by atoms with van der Waals surface area (Å²) in [6.45, 7) is 7.58. The molecule has 8 nitrogen and oxygen atoms in total. The number of amides is 1. The van der Waals surface area contributed by atoms with Crippen LogP contribution in [0.1, 0.15) is 19.5 Å². The van der Waals surface area contributed by atoms with Gasteiger partial charge in [0.1, 0.15) is 23.0 Å². The number of morpholine rings is 1. The number of halogens is 1. The number of pyridine rings is 1. The highest BCUT2D eigenvalue weighted by atomic mass is 19.1. The Balaban J connectivity index is 1.57. The highest BCUT2D eigenvalue weighted by molar-refractivity contribution is 5.94. The third-order valence-electron chi connectivity index (χ3n) is 5.09. The maximum absolute atomic E-state index is 13.4. The van der Waals surface area contributed by atoms with Gasteiger partial charge in [-0.05, 0) is 26.0 Å². The van der Waals surface area contributed by atoms with Crippen LogP contribution in [0.25, 0.3) is 5.65 Å². The van der Waals surface area contributed by atoms with Crippen molar-refractivity contribution in [2.45, 2.75) is 20.3 Å². The highest BCUT2D eigenvalue weighted by Crippen LogP contribution is 2.39. The molecule has 32 heavy (non-hydrogen) atoms. The smallest absolute Gasteiger partial charge is 0.230 e. The van der Waals surface area contributed by atoms with Gasteiger partial charge in [0.15, 0.2) is 0 Å². The number of fused-ring (bicyclic) bond motifs is 1. The lowest BCUT2D eigenvalue weighted by molar-refractivity contribution is -0.115. The van der Waals surface area contributed by atoms with Gasteiger partial charge < -0.3 is 28.8 Å². The van der Waals surface area contributed by atoms with Gasteiger partial charge in [0.2, 0.25) is 5.91 Å². The van der Waals surface area contributed by atoms with Crippen molar-refractivity contribution in [2.75, 3.05) is 49.7 Å². The molecule has 4 rings (SSSR count). The molecule has 0 radical (unpaired) electrons. The van der Waals surface area contributed by atoms with Gasteiger partial charge in [0, 0.05) is 37.6 Å². The van der Waals surface area contributed by atoms with Gasteiger partial charge in [0.05, 0.1) is 49.9 Å². The van der Waals surface area contributed by atoms with Gasteiger partial charge in [0.25, 0.3) is 0 Å². The summed E-state index contributed by atoms with van der Waals surface area (Å²) in [5, 5.41) is 2.92. The van der Waals surface area contributed by atoms with Gasteiger partial charge >= 0.3 is 0 Å². The number of hydrogen-bond donors (Lipinski definition) is 1. The van der Waals surface area contributed by atoms with E-state index in [2.05, 4.69) is 15.2 Å². The molecule has 2 aromatic heterocycles. The molecule has 3 aromatic rings. The number of aromatic nitrogens is 2. The van der Waals surface area contributed by atoms with Crippen molar-refractivity contribution in [3.8, 4) is 11.5 Å². The number of carbonyl (C=O) groups is 1. The number of imidazole rings is 1. The quantitative estimate of drug-likeness (QED) is 0.577. The van der Waals surface area contributed by atoms with E-state index in [0.717, 1.165) is 18.8 Å². The van der Waals surface area contributed by atoms with E-state index in [0.29, 0.717) is 55.0 Å². The molecule has 0 atom stereocenters. The van der Waals surface area contributed by atoms with E-state index in [4.69, 9.17) is 14.2 Å². The van der Waals surface area contributed by atoms with Gasteiger partial charge in [-0.3, -0.25) is 4.79 Å². The number of benzene rings is 1. The summed E-state index contributed by atoms with van der Waals surface area (Å²) in [6, 6.07) is 6.62. The Morgan fingerprint density at radius 2 is 1.88 bits per heavy atom. The summed E-state index contributed by atoms with van der Waals surface area (Å²) in [7, 11) is 0. The van der Waals surface area contributed by atoms with Crippen LogP contribution >= 0.6 is 0 Å². The molecule has 0 unspecified atom stereocenters. The molecule has 1 saturated heterocycles. The van der Waals surface area contributed by atoms with Crippen LogP contribution in [0.15, 0.2) is 36.7 Å². The van der Waals surface area contributed by atoms with E-state index in [9.17, 15) is 9.18 Å². The summed E-state index contributed by atoms with van der Waals surface area (Å²) in [5.74, 6) is 0.631. The Bertz CT molecular complexity index is 1100. The van der Waals surface area contributed by atoms with Crippen LogP contribution in [-0.2, 0) is 16.0 Å². The second-order valence-electron chi connectivity index (χ2n) is 7.35. The number of hydrogen-bond acceptors (Lipinski definition) is 6. The van der Waals surface area contributed by atoms with Gasteiger partial charge in [-0.1, -0.05) is 0 Å². The topological polar surface area (TPSA) is 77.3 Å². The maximum atomic E-state index is 13.4. The fourth-order valence-electron chi connectivity index (χ4n) is 3.71. The van der Waals surface area contributed by atoms with E-state index in [1.165, 1.54) is 12.3 Å². The maximum Gasteiger partial charge on any atom is 0.230 e. The average Bonchev–Trinajstić information content (AvgIpc) is 3.17. The lowest BCUT2D eigenvalue weighted by atomic mass is 10.2. The SMILES string of the molecule is CCOc1cc(N2CCOCC2)c(OCC)cc1NC(=O)Cc1cn2cc(F)ccc2n1. The molecule has 0 aliphatic carbocycles. The third kappa shape index (κ3) is 4.94. The fourth-order valence-corrected chi connectivity index (χ4v) is 3.71. The molecule has 170 valence electrons. The van der Waals surface area contributed by atoms with Crippen molar-refractivity contribution >= 4 is 22.9 Å².